The van der Waals surface area contributed by atoms with E-state index in [2.05, 4.69) is 41.2 Å². The highest BCUT2D eigenvalue weighted by Crippen LogP contribution is 2.19. The van der Waals surface area contributed by atoms with Gasteiger partial charge >= 0.3 is 6.01 Å². The molecule has 0 spiro atoms. The van der Waals surface area contributed by atoms with Crippen LogP contribution >= 0.6 is 0 Å². The number of rotatable bonds is 3. The highest BCUT2D eigenvalue weighted by atomic mass is 16.5. The maximum Gasteiger partial charge on any atom is 0.316 e. The molecule has 96 valence electrons. The summed E-state index contributed by atoms with van der Waals surface area (Å²) in [5, 5.41) is 0. The zero-order valence-corrected chi connectivity index (χ0v) is 11.5. The van der Waals surface area contributed by atoms with Crippen LogP contribution in [-0.4, -0.2) is 17.1 Å². The summed E-state index contributed by atoms with van der Waals surface area (Å²) in [4.78, 5) is 8.17. The van der Waals surface area contributed by atoms with E-state index >= 15 is 0 Å². The Kier molecular flexibility index (Phi) is 5.85. The first kappa shape index (κ1) is 14.2. The van der Waals surface area contributed by atoms with Crippen LogP contribution in [0, 0.1) is 0 Å². The van der Waals surface area contributed by atoms with E-state index in [1.54, 1.807) is 19.5 Å². The van der Waals surface area contributed by atoms with Gasteiger partial charge in [-0.25, -0.2) is 9.97 Å². The van der Waals surface area contributed by atoms with Crippen molar-refractivity contribution in [3.63, 3.8) is 0 Å². The fourth-order valence-electron chi connectivity index (χ4n) is 1.50. The standard InChI is InChI=1S/C13H14N2O.C2H6/c1-3-10-4-6-11(7-5-10)12-8-14-13(16-2)15-9-12;1-2/h4-9H,3H2,1-2H3;1-2H3. The van der Waals surface area contributed by atoms with Crippen LogP contribution in [0.25, 0.3) is 11.1 Å². The number of hydrogen-bond acceptors (Lipinski definition) is 3. The average Bonchev–Trinajstić information content (AvgIpc) is 2.49. The van der Waals surface area contributed by atoms with E-state index in [0.29, 0.717) is 6.01 Å². The second-order valence-electron chi connectivity index (χ2n) is 3.51. The molecule has 1 heterocycles. The lowest BCUT2D eigenvalue weighted by Crippen LogP contribution is -1.91. The summed E-state index contributed by atoms with van der Waals surface area (Å²) in [6.07, 6.45) is 4.60. The van der Waals surface area contributed by atoms with Crippen LogP contribution in [0.4, 0.5) is 0 Å². The summed E-state index contributed by atoms with van der Waals surface area (Å²) in [5.74, 6) is 0. The second kappa shape index (κ2) is 7.43. The molecule has 2 rings (SSSR count). The number of methoxy groups -OCH3 is 1. The first-order valence-corrected chi connectivity index (χ1v) is 6.29. The van der Waals surface area contributed by atoms with Gasteiger partial charge in [0, 0.05) is 18.0 Å². The second-order valence-corrected chi connectivity index (χ2v) is 3.51. The minimum atomic E-state index is 0.397. The van der Waals surface area contributed by atoms with Crippen LogP contribution < -0.4 is 4.74 Å². The molecule has 0 bridgehead atoms. The lowest BCUT2D eigenvalue weighted by molar-refractivity contribution is 0.380. The molecule has 3 heteroatoms. The molecule has 1 aromatic carbocycles. The predicted octanol–water partition coefficient (Wildman–Crippen LogP) is 3.74. The Bertz CT molecular complexity index is 403. The molecule has 0 aliphatic carbocycles. The molecule has 0 aliphatic rings. The van der Waals surface area contributed by atoms with Gasteiger partial charge in [0.15, 0.2) is 0 Å². The van der Waals surface area contributed by atoms with Crippen LogP contribution in [0.1, 0.15) is 26.3 Å². The molecule has 0 radical (unpaired) electrons. The first-order chi connectivity index (χ1) is 8.83. The van der Waals surface area contributed by atoms with Crippen LogP contribution in [0.15, 0.2) is 36.7 Å². The lowest BCUT2D eigenvalue weighted by atomic mass is 10.1. The van der Waals surface area contributed by atoms with E-state index in [0.717, 1.165) is 17.5 Å². The first-order valence-electron chi connectivity index (χ1n) is 6.29. The van der Waals surface area contributed by atoms with Crippen molar-refractivity contribution in [3.8, 4) is 17.1 Å². The monoisotopic (exact) mass is 244 g/mol. The van der Waals surface area contributed by atoms with Crippen molar-refractivity contribution >= 4 is 0 Å². The number of ether oxygens (including phenoxy) is 1. The Hall–Kier alpha value is -1.90. The Balaban J connectivity index is 0.000000771. The molecule has 0 saturated carbocycles. The zero-order chi connectivity index (χ0) is 13.4. The highest BCUT2D eigenvalue weighted by molar-refractivity contribution is 5.61. The summed E-state index contributed by atoms with van der Waals surface area (Å²) < 4.78 is 4.92. The van der Waals surface area contributed by atoms with E-state index in [1.807, 2.05) is 13.8 Å². The molecular formula is C15H20N2O. The smallest absolute Gasteiger partial charge is 0.316 e. The van der Waals surface area contributed by atoms with E-state index in [9.17, 15) is 0 Å². The van der Waals surface area contributed by atoms with Gasteiger partial charge in [0.05, 0.1) is 7.11 Å². The van der Waals surface area contributed by atoms with Gasteiger partial charge in [0.2, 0.25) is 0 Å². The SMILES string of the molecule is CC.CCc1ccc(-c2cnc(OC)nc2)cc1. The van der Waals surface area contributed by atoms with E-state index in [1.165, 1.54) is 5.56 Å². The molecule has 18 heavy (non-hydrogen) atoms. The van der Waals surface area contributed by atoms with Gasteiger partial charge in [-0.1, -0.05) is 45.0 Å². The third-order valence-corrected chi connectivity index (χ3v) is 2.51. The third-order valence-electron chi connectivity index (χ3n) is 2.51. The third kappa shape index (κ3) is 3.55. The van der Waals surface area contributed by atoms with Gasteiger partial charge in [0.25, 0.3) is 0 Å². The number of aryl methyl sites for hydroxylation is 1. The minimum Gasteiger partial charge on any atom is -0.467 e. The van der Waals surface area contributed by atoms with E-state index in [-0.39, 0.29) is 0 Å². The van der Waals surface area contributed by atoms with Gasteiger partial charge in [-0.05, 0) is 17.5 Å². The molecule has 0 fully saturated rings. The van der Waals surface area contributed by atoms with Gasteiger partial charge in [-0.2, -0.15) is 0 Å². The van der Waals surface area contributed by atoms with Crippen molar-refractivity contribution in [1.29, 1.82) is 0 Å². The number of aromatic nitrogens is 2. The maximum absolute atomic E-state index is 4.92. The van der Waals surface area contributed by atoms with E-state index in [4.69, 9.17) is 4.74 Å². The Morgan fingerprint density at radius 1 is 0.944 bits per heavy atom. The van der Waals surface area contributed by atoms with Gasteiger partial charge in [-0.3, -0.25) is 0 Å². The minimum absolute atomic E-state index is 0.397. The molecule has 1 aromatic heterocycles. The van der Waals surface area contributed by atoms with Gasteiger partial charge < -0.3 is 4.74 Å². The molecule has 2 aromatic rings. The van der Waals surface area contributed by atoms with Crippen molar-refractivity contribution in [3.05, 3.63) is 42.2 Å². The normalized spacial score (nSPS) is 9.33. The molecule has 0 aliphatic heterocycles. The summed E-state index contributed by atoms with van der Waals surface area (Å²) in [6, 6.07) is 8.82. The fraction of sp³-hybridized carbons (Fsp3) is 0.333. The molecule has 0 atom stereocenters. The predicted molar refractivity (Wildman–Crippen MR) is 74.7 cm³/mol. The van der Waals surface area contributed by atoms with Crippen LogP contribution in [0.2, 0.25) is 0 Å². The number of benzene rings is 1. The lowest BCUT2D eigenvalue weighted by Gasteiger charge is -2.03. The van der Waals surface area contributed by atoms with Crippen molar-refractivity contribution in [2.75, 3.05) is 7.11 Å². The van der Waals surface area contributed by atoms with Crippen LogP contribution in [-0.2, 0) is 6.42 Å². The van der Waals surface area contributed by atoms with Crippen molar-refractivity contribution in [1.82, 2.24) is 9.97 Å². The Labute approximate surface area is 109 Å². The number of hydrogen-bond donors (Lipinski definition) is 0. The van der Waals surface area contributed by atoms with E-state index < -0.39 is 0 Å². The summed E-state index contributed by atoms with van der Waals surface area (Å²) >= 11 is 0. The molecule has 0 N–H and O–H groups in total. The van der Waals surface area contributed by atoms with Gasteiger partial charge in [0.1, 0.15) is 0 Å². The molecule has 0 unspecified atom stereocenters. The quantitative estimate of drug-likeness (QED) is 0.825. The van der Waals surface area contributed by atoms with Crippen LogP contribution in [0.3, 0.4) is 0 Å². The van der Waals surface area contributed by atoms with Crippen molar-refractivity contribution < 1.29 is 4.74 Å². The van der Waals surface area contributed by atoms with Crippen molar-refractivity contribution in [2.24, 2.45) is 0 Å². The van der Waals surface area contributed by atoms with Crippen molar-refractivity contribution in [2.45, 2.75) is 27.2 Å². The van der Waals surface area contributed by atoms with Gasteiger partial charge in [-0.15, -0.1) is 0 Å². The Morgan fingerprint density at radius 2 is 1.50 bits per heavy atom. The maximum atomic E-state index is 4.92. The fourth-order valence-corrected chi connectivity index (χ4v) is 1.50. The molecule has 3 nitrogen and oxygen atoms in total. The topological polar surface area (TPSA) is 35.0 Å². The molecular weight excluding hydrogens is 224 g/mol. The zero-order valence-electron chi connectivity index (χ0n) is 11.5. The summed E-state index contributed by atoms with van der Waals surface area (Å²) in [5.41, 5.74) is 3.46. The summed E-state index contributed by atoms with van der Waals surface area (Å²) in [7, 11) is 1.56. The Morgan fingerprint density at radius 3 is 1.94 bits per heavy atom. The molecule has 0 saturated heterocycles. The number of nitrogens with zero attached hydrogens (tertiary/aromatic N) is 2. The summed E-state index contributed by atoms with van der Waals surface area (Å²) in [6.45, 7) is 6.14. The van der Waals surface area contributed by atoms with Crippen LogP contribution in [0.5, 0.6) is 6.01 Å². The average molecular weight is 244 g/mol. The molecule has 0 amide bonds. The highest BCUT2D eigenvalue weighted by Gasteiger charge is 2.00. The largest absolute Gasteiger partial charge is 0.467 e.